The minimum Gasteiger partial charge on any atom is -0.496 e. The number of fused-ring (bicyclic) bond motifs is 1. The van der Waals surface area contributed by atoms with E-state index in [1.54, 1.807) is 18.3 Å². The average Bonchev–Trinajstić information content (AvgIpc) is 3.28. The second kappa shape index (κ2) is 6.99. The van der Waals surface area contributed by atoms with Crippen molar-refractivity contribution in [3.63, 3.8) is 0 Å². The molecule has 0 spiro atoms. The van der Waals surface area contributed by atoms with Crippen LogP contribution in [0.1, 0.15) is 11.3 Å². The minimum atomic E-state index is -0.773. The van der Waals surface area contributed by atoms with Crippen molar-refractivity contribution in [2.75, 3.05) is 12.4 Å². The lowest BCUT2D eigenvalue weighted by atomic mass is 10.0. The molecule has 1 saturated heterocycles. The maximum absolute atomic E-state index is 12.7. The molecule has 2 aliphatic rings. The van der Waals surface area contributed by atoms with E-state index in [1.165, 1.54) is 11.3 Å². The number of rotatable bonds is 4. The van der Waals surface area contributed by atoms with Gasteiger partial charge in [0.25, 0.3) is 5.91 Å². The smallest absolute Gasteiger partial charge is 0.251 e. The molecule has 1 aromatic heterocycles. The Morgan fingerprint density at radius 2 is 2.19 bits per heavy atom. The summed E-state index contributed by atoms with van der Waals surface area (Å²) in [5.41, 5.74) is 7.90. The van der Waals surface area contributed by atoms with Gasteiger partial charge in [-0.1, -0.05) is 12.1 Å². The molecule has 3 heterocycles. The summed E-state index contributed by atoms with van der Waals surface area (Å²) in [4.78, 5) is 29.5. The van der Waals surface area contributed by atoms with Gasteiger partial charge in [-0.15, -0.1) is 11.3 Å². The maximum Gasteiger partial charge on any atom is 0.251 e. The van der Waals surface area contributed by atoms with Crippen LogP contribution in [0.5, 0.6) is 5.75 Å². The fourth-order valence-electron chi connectivity index (χ4n) is 3.03. The number of methoxy groups -OCH3 is 1. The molecule has 2 unspecified atom stereocenters. The van der Waals surface area contributed by atoms with Crippen LogP contribution in [0.2, 0.25) is 0 Å². The number of carbonyl (C=O) groups excluding carboxylic acids is 2. The Balaban J connectivity index is 1.55. The number of carbonyl (C=O) groups is 2. The van der Waals surface area contributed by atoms with Gasteiger partial charge >= 0.3 is 0 Å². The van der Waals surface area contributed by atoms with Crippen molar-refractivity contribution in [3.8, 4) is 5.75 Å². The van der Waals surface area contributed by atoms with E-state index in [4.69, 9.17) is 4.74 Å². The minimum absolute atomic E-state index is 0.300. The fourth-order valence-corrected chi connectivity index (χ4v) is 3.72. The first kappa shape index (κ1) is 17.5. The van der Waals surface area contributed by atoms with Crippen LogP contribution in [0.15, 0.2) is 35.8 Å². The highest BCUT2D eigenvalue weighted by Gasteiger charge is 2.45. The molecule has 9 nitrogen and oxygen atoms in total. The normalized spacial score (nSPS) is 21.3. The van der Waals surface area contributed by atoms with Gasteiger partial charge in [-0.05, 0) is 19.1 Å². The topological polar surface area (TPSA) is 108 Å². The van der Waals surface area contributed by atoms with Crippen LogP contribution in [0.3, 0.4) is 0 Å². The number of benzene rings is 1. The standard InChI is InChI=1S/C17H18N6O3S/c1-9-8-27-17(18-9)20-15(24)13-14-16(25)19-11(7-23(14)22-21-13)10-5-3-4-6-12(10)26-2/h3-8,13-14,21-22H,1-2H3,(H,19,25)(H,18,20,24). The molecule has 2 aliphatic heterocycles. The van der Waals surface area contributed by atoms with Gasteiger partial charge in [-0.25, -0.2) is 10.4 Å². The molecule has 140 valence electrons. The van der Waals surface area contributed by atoms with Gasteiger partial charge in [0.1, 0.15) is 11.8 Å². The number of thiazole rings is 1. The van der Waals surface area contributed by atoms with Gasteiger partial charge in [0.2, 0.25) is 5.91 Å². The number of hydrazine groups is 2. The summed E-state index contributed by atoms with van der Waals surface area (Å²) in [5, 5.41) is 9.52. The number of anilines is 1. The molecule has 2 atom stereocenters. The van der Waals surface area contributed by atoms with E-state index >= 15 is 0 Å². The quantitative estimate of drug-likeness (QED) is 0.609. The number of nitrogens with one attached hydrogen (secondary N) is 4. The van der Waals surface area contributed by atoms with E-state index in [9.17, 15) is 9.59 Å². The number of hydrogen-bond acceptors (Lipinski definition) is 8. The van der Waals surface area contributed by atoms with Crippen LogP contribution in [-0.4, -0.2) is 41.0 Å². The molecular formula is C17H18N6O3S. The Kier molecular flexibility index (Phi) is 4.52. The maximum atomic E-state index is 12.7. The third-order valence-corrected chi connectivity index (χ3v) is 5.16. The number of amides is 2. The van der Waals surface area contributed by atoms with Crippen LogP contribution in [0.25, 0.3) is 5.70 Å². The average molecular weight is 386 g/mol. The van der Waals surface area contributed by atoms with Gasteiger partial charge in [0.05, 0.1) is 18.5 Å². The molecule has 4 N–H and O–H groups in total. The summed E-state index contributed by atoms with van der Waals surface area (Å²) in [6.45, 7) is 1.85. The van der Waals surface area contributed by atoms with Crippen molar-refractivity contribution >= 4 is 34.0 Å². The molecule has 2 aromatic rings. The van der Waals surface area contributed by atoms with Crippen molar-refractivity contribution in [2.24, 2.45) is 0 Å². The third-order valence-electron chi connectivity index (χ3n) is 4.29. The molecule has 0 aliphatic carbocycles. The van der Waals surface area contributed by atoms with Crippen molar-refractivity contribution in [2.45, 2.75) is 19.0 Å². The lowest BCUT2D eigenvalue weighted by Crippen LogP contribution is -2.54. The van der Waals surface area contributed by atoms with E-state index in [1.807, 2.05) is 36.6 Å². The number of aromatic nitrogens is 1. The number of nitrogens with zero attached hydrogens (tertiary/aromatic N) is 2. The molecule has 10 heteroatoms. The zero-order valence-corrected chi connectivity index (χ0v) is 15.5. The van der Waals surface area contributed by atoms with Crippen LogP contribution in [0, 0.1) is 6.92 Å². The fraction of sp³-hybridized carbons (Fsp3) is 0.235. The first-order chi connectivity index (χ1) is 13.1. The van der Waals surface area contributed by atoms with E-state index in [-0.39, 0.29) is 11.8 Å². The third kappa shape index (κ3) is 3.25. The van der Waals surface area contributed by atoms with Gasteiger partial charge < -0.3 is 15.4 Å². The van der Waals surface area contributed by atoms with E-state index in [0.717, 1.165) is 11.3 Å². The second-order valence-electron chi connectivity index (χ2n) is 6.10. The molecule has 0 radical (unpaired) electrons. The van der Waals surface area contributed by atoms with Crippen LogP contribution in [0.4, 0.5) is 5.13 Å². The Bertz CT molecular complexity index is 927. The van der Waals surface area contributed by atoms with Crippen molar-refractivity contribution in [1.82, 2.24) is 26.3 Å². The summed E-state index contributed by atoms with van der Waals surface area (Å²) in [7, 11) is 1.57. The van der Waals surface area contributed by atoms with Crippen molar-refractivity contribution in [1.29, 1.82) is 0 Å². The van der Waals surface area contributed by atoms with Gasteiger partial charge in [0.15, 0.2) is 11.2 Å². The van der Waals surface area contributed by atoms with E-state index < -0.39 is 12.1 Å². The molecule has 4 rings (SSSR count). The van der Waals surface area contributed by atoms with Crippen LogP contribution < -0.4 is 26.3 Å². The first-order valence-corrected chi connectivity index (χ1v) is 9.13. The van der Waals surface area contributed by atoms with Crippen LogP contribution >= 0.6 is 11.3 Å². The van der Waals surface area contributed by atoms with Crippen molar-refractivity contribution < 1.29 is 14.3 Å². The molecule has 0 saturated carbocycles. The highest BCUT2D eigenvalue weighted by Crippen LogP contribution is 2.28. The van der Waals surface area contributed by atoms with Crippen molar-refractivity contribution in [3.05, 3.63) is 47.1 Å². The number of hydrogen-bond donors (Lipinski definition) is 4. The summed E-state index contributed by atoms with van der Waals surface area (Å²) >= 11 is 1.34. The summed E-state index contributed by atoms with van der Waals surface area (Å²) in [5.74, 6) is 0.00288. The summed E-state index contributed by atoms with van der Waals surface area (Å²) in [6.07, 6.45) is 1.73. The monoisotopic (exact) mass is 386 g/mol. The summed E-state index contributed by atoms with van der Waals surface area (Å²) in [6, 6.07) is 5.88. The molecule has 1 fully saturated rings. The van der Waals surface area contributed by atoms with Gasteiger partial charge in [0, 0.05) is 17.1 Å². The van der Waals surface area contributed by atoms with Gasteiger partial charge in [-0.2, -0.15) is 5.53 Å². The summed E-state index contributed by atoms with van der Waals surface area (Å²) < 4.78 is 5.36. The predicted molar refractivity (Wildman–Crippen MR) is 100 cm³/mol. The van der Waals surface area contributed by atoms with E-state index in [2.05, 4.69) is 26.6 Å². The molecule has 27 heavy (non-hydrogen) atoms. The second-order valence-corrected chi connectivity index (χ2v) is 6.96. The molecule has 2 amide bonds. The number of ether oxygens (including phenoxy) is 1. The zero-order valence-electron chi connectivity index (χ0n) is 14.6. The largest absolute Gasteiger partial charge is 0.496 e. The molecule has 1 aromatic carbocycles. The highest BCUT2D eigenvalue weighted by molar-refractivity contribution is 7.13. The van der Waals surface area contributed by atoms with Crippen LogP contribution in [-0.2, 0) is 9.59 Å². The van der Waals surface area contributed by atoms with Gasteiger partial charge in [-0.3, -0.25) is 14.6 Å². The SMILES string of the molecule is COc1ccccc1C1=CN2NNC(C(=O)Nc3nc(C)cs3)C2C(=O)N1. The Hall–Kier alpha value is -2.95. The van der Waals surface area contributed by atoms with E-state index in [0.29, 0.717) is 16.6 Å². The lowest BCUT2D eigenvalue weighted by molar-refractivity contribution is -0.128. The Morgan fingerprint density at radius 3 is 2.93 bits per heavy atom. The predicted octanol–water partition coefficient (Wildman–Crippen LogP) is 0.589. The lowest BCUT2D eigenvalue weighted by Gasteiger charge is -2.29. The molecule has 0 bridgehead atoms. The Morgan fingerprint density at radius 1 is 1.37 bits per heavy atom. The number of para-hydroxylation sites is 1. The Labute approximate surface area is 159 Å². The number of aryl methyl sites for hydroxylation is 1. The highest BCUT2D eigenvalue weighted by atomic mass is 32.1. The first-order valence-electron chi connectivity index (χ1n) is 8.25. The molecular weight excluding hydrogens is 368 g/mol. The zero-order chi connectivity index (χ0) is 19.0.